The molecule has 12 heavy (non-hydrogen) atoms. The molecule has 64 valence electrons. The third-order valence-corrected chi connectivity index (χ3v) is 1.40. The van der Waals surface area contributed by atoms with Crippen LogP contribution in [-0.2, 0) is 0 Å². The molecular formula is C9H11NO2. The van der Waals surface area contributed by atoms with Crippen molar-refractivity contribution in [3.63, 3.8) is 0 Å². The Kier molecular flexibility index (Phi) is 3.29. The molecule has 0 fully saturated rings. The lowest BCUT2D eigenvalue weighted by Gasteiger charge is -2.01. The summed E-state index contributed by atoms with van der Waals surface area (Å²) < 4.78 is 5.05. The topological polar surface area (TPSA) is 42.4 Å². The van der Waals surface area contributed by atoms with Gasteiger partial charge >= 0.3 is 0 Å². The second-order valence-corrected chi connectivity index (χ2v) is 2.18. The molecule has 0 unspecified atom stereocenters. The Morgan fingerprint density at radius 1 is 1.67 bits per heavy atom. The smallest absolute Gasteiger partial charge is 0.144 e. The average molecular weight is 165 g/mol. The van der Waals surface area contributed by atoms with Crippen LogP contribution < -0.4 is 4.74 Å². The van der Waals surface area contributed by atoms with Gasteiger partial charge in [-0.15, -0.1) is 0 Å². The molecule has 3 nitrogen and oxygen atoms in total. The maximum Gasteiger partial charge on any atom is 0.144 e. The van der Waals surface area contributed by atoms with Crippen LogP contribution in [0.3, 0.4) is 0 Å². The number of aliphatic hydroxyl groups is 1. The Hall–Kier alpha value is -1.35. The van der Waals surface area contributed by atoms with Crippen molar-refractivity contribution in [3.8, 4) is 5.75 Å². The summed E-state index contributed by atoms with van der Waals surface area (Å²) in [6.07, 6.45) is 5.02. The second kappa shape index (κ2) is 4.51. The van der Waals surface area contributed by atoms with Crippen molar-refractivity contribution in [1.82, 2.24) is 4.98 Å². The minimum atomic E-state index is 0.0136. The van der Waals surface area contributed by atoms with Crippen molar-refractivity contribution in [2.24, 2.45) is 0 Å². The van der Waals surface area contributed by atoms with Crippen LogP contribution in [0.1, 0.15) is 5.69 Å². The number of pyridine rings is 1. The van der Waals surface area contributed by atoms with Gasteiger partial charge in [0.25, 0.3) is 0 Å². The minimum absolute atomic E-state index is 0.0136. The molecule has 1 aromatic heterocycles. The van der Waals surface area contributed by atoms with Gasteiger partial charge in [-0.05, 0) is 18.2 Å². The van der Waals surface area contributed by atoms with Crippen LogP contribution in [0.2, 0.25) is 0 Å². The third kappa shape index (κ3) is 2.07. The van der Waals surface area contributed by atoms with Crippen LogP contribution in [0, 0.1) is 0 Å². The highest BCUT2D eigenvalue weighted by Crippen LogP contribution is 2.15. The van der Waals surface area contributed by atoms with E-state index < -0.39 is 0 Å². The lowest BCUT2D eigenvalue weighted by molar-refractivity contribution is 0.343. The molecule has 0 saturated carbocycles. The van der Waals surface area contributed by atoms with Crippen molar-refractivity contribution in [3.05, 3.63) is 30.1 Å². The van der Waals surface area contributed by atoms with E-state index in [9.17, 15) is 0 Å². The molecule has 1 heterocycles. The number of aliphatic hydroxyl groups excluding tert-OH is 1. The largest absolute Gasteiger partial charge is 0.494 e. The number of nitrogens with zero attached hydrogens (tertiary/aromatic N) is 1. The Morgan fingerprint density at radius 2 is 2.50 bits per heavy atom. The van der Waals surface area contributed by atoms with Gasteiger partial charge in [0.05, 0.1) is 13.7 Å². The number of hydrogen-bond donors (Lipinski definition) is 1. The molecule has 0 amide bonds. The van der Waals surface area contributed by atoms with Gasteiger partial charge in [-0.3, -0.25) is 4.98 Å². The summed E-state index contributed by atoms with van der Waals surface area (Å²) in [5.74, 6) is 0.710. The first-order valence-electron chi connectivity index (χ1n) is 3.65. The van der Waals surface area contributed by atoms with E-state index in [2.05, 4.69) is 4.98 Å². The monoisotopic (exact) mass is 165 g/mol. The zero-order valence-electron chi connectivity index (χ0n) is 6.90. The normalized spacial score (nSPS) is 10.5. The fourth-order valence-corrected chi connectivity index (χ4v) is 0.865. The summed E-state index contributed by atoms with van der Waals surface area (Å²) in [6.45, 7) is 0.0136. The van der Waals surface area contributed by atoms with E-state index in [1.165, 1.54) is 0 Å². The van der Waals surface area contributed by atoms with Crippen LogP contribution >= 0.6 is 0 Å². The standard InChI is InChI=1S/C9H11NO2/c1-12-9-5-2-6-10-8(9)4-3-7-11/h2-6,11H,7H2,1H3/b4-3+. The van der Waals surface area contributed by atoms with Crippen molar-refractivity contribution in [2.75, 3.05) is 13.7 Å². The number of rotatable bonds is 3. The Labute approximate surface area is 71.3 Å². The van der Waals surface area contributed by atoms with Crippen LogP contribution in [0.5, 0.6) is 5.75 Å². The van der Waals surface area contributed by atoms with Crippen LogP contribution in [0.15, 0.2) is 24.4 Å². The highest BCUT2D eigenvalue weighted by molar-refractivity contribution is 5.52. The van der Waals surface area contributed by atoms with Gasteiger partial charge in [0.2, 0.25) is 0 Å². The fourth-order valence-electron chi connectivity index (χ4n) is 0.865. The zero-order chi connectivity index (χ0) is 8.81. The third-order valence-electron chi connectivity index (χ3n) is 1.40. The summed E-state index contributed by atoms with van der Waals surface area (Å²) in [4.78, 5) is 4.06. The maximum absolute atomic E-state index is 8.54. The van der Waals surface area contributed by atoms with Gasteiger partial charge in [0.15, 0.2) is 0 Å². The number of ether oxygens (including phenoxy) is 1. The molecule has 1 rings (SSSR count). The highest BCUT2D eigenvalue weighted by atomic mass is 16.5. The molecule has 3 heteroatoms. The molecule has 0 aliphatic rings. The van der Waals surface area contributed by atoms with Crippen LogP contribution in [-0.4, -0.2) is 23.8 Å². The lowest BCUT2D eigenvalue weighted by Crippen LogP contribution is -1.89. The predicted molar refractivity (Wildman–Crippen MR) is 46.9 cm³/mol. The average Bonchev–Trinajstić information content (AvgIpc) is 2.15. The van der Waals surface area contributed by atoms with E-state index in [0.717, 1.165) is 5.69 Å². The molecule has 0 spiro atoms. The Morgan fingerprint density at radius 3 is 3.17 bits per heavy atom. The maximum atomic E-state index is 8.54. The van der Waals surface area contributed by atoms with E-state index in [-0.39, 0.29) is 6.61 Å². The molecule has 0 bridgehead atoms. The lowest BCUT2D eigenvalue weighted by atomic mass is 10.3. The van der Waals surface area contributed by atoms with E-state index in [4.69, 9.17) is 9.84 Å². The van der Waals surface area contributed by atoms with E-state index in [1.807, 2.05) is 6.07 Å². The number of hydrogen-bond acceptors (Lipinski definition) is 3. The van der Waals surface area contributed by atoms with E-state index in [0.29, 0.717) is 5.75 Å². The fraction of sp³-hybridized carbons (Fsp3) is 0.222. The van der Waals surface area contributed by atoms with Crippen molar-refractivity contribution in [1.29, 1.82) is 0 Å². The number of aromatic nitrogens is 1. The van der Waals surface area contributed by atoms with Gasteiger partial charge in [-0.2, -0.15) is 0 Å². The highest BCUT2D eigenvalue weighted by Gasteiger charge is 1.96. The molecule has 0 aliphatic carbocycles. The van der Waals surface area contributed by atoms with E-state index >= 15 is 0 Å². The minimum Gasteiger partial charge on any atom is -0.494 e. The van der Waals surface area contributed by atoms with Crippen LogP contribution in [0.4, 0.5) is 0 Å². The summed E-state index contributed by atoms with van der Waals surface area (Å²) in [6, 6.07) is 3.62. The van der Waals surface area contributed by atoms with Gasteiger partial charge in [-0.25, -0.2) is 0 Å². The zero-order valence-corrected chi connectivity index (χ0v) is 6.90. The quantitative estimate of drug-likeness (QED) is 0.729. The van der Waals surface area contributed by atoms with Crippen molar-refractivity contribution >= 4 is 6.08 Å². The van der Waals surface area contributed by atoms with E-state index in [1.54, 1.807) is 31.5 Å². The van der Waals surface area contributed by atoms with Crippen molar-refractivity contribution in [2.45, 2.75) is 0 Å². The van der Waals surface area contributed by atoms with Gasteiger partial charge in [-0.1, -0.05) is 6.08 Å². The summed E-state index contributed by atoms with van der Waals surface area (Å²) in [5, 5.41) is 8.54. The summed E-state index contributed by atoms with van der Waals surface area (Å²) in [5.41, 5.74) is 0.731. The molecule has 0 aromatic carbocycles. The van der Waals surface area contributed by atoms with Crippen molar-refractivity contribution < 1.29 is 9.84 Å². The summed E-state index contributed by atoms with van der Waals surface area (Å²) >= 11 is 0. The molecule has 0 aliphatic heterocycles. The molecule has 0 saturated heterocycles. The van der Waals surface area contributed by atoms with Gasteiger partial charge in [0.1, 0.15) is 11.4 Å². The Balaban J connectivity index is 2.89. The molecule has 0 radical (unpaired) electrons. The van der Waals surface area contributed by atoms with Gasteiger partial charge in [0, 0.05) is 6.20 Å². The SMILES string of the molecule is COc1cccnc1/C=C/CO. The van der Waals surface area contributed by atoms with Crippen LogP contribution in [0.25, 0.3) is 6.08 Å². The first-order valence-corrected chi connectivity index (χ1v) is 3.65. The predicted octanol–water partition coefficient (Wildman–Crippen LogP) is 1.10. The molecule has 0 atom stereocenters. The number of methoxy groups -OCH3 is 1. The molecule has 1 N–H and O–H groups in total. The van der Waals surface area contributed by atoms with Gasteiger partial charge < -0.3 is 9.84 Å². The first-order chi connectivity index (χ1) is 5.88. The molecular weight excluding hydrogens is 154 g/mol. The first kappa shape index (κ1) is 8.74. The Bertz CT molecular complexity index is 271. The molecule has 1 aromatic rings. The summed E-state index contributed by atoms with van der Waals surface area (Å²) in [7, 11) is 1.59. The second-order valence-electron chi connectivity index (χ2n) is 2.18.